The smallest absolute Gasteiger partial charge is 0.129 e. The maximum absolute atomic E-state index is 13.4. The first kappa shape index (κ1) is 11.5. The maximum atomic E-state index is 13.4. The van der Waals surface area contributed by atoms with Gasteiger partial charge in [-0.3, -0.25) is 0 Å². The minimum Gasteiger partial charge on any atom is -0.388 e. The Balaban J connectivity index is 2.25. The van der Waals surface area contributed by atoms with E-state index in [1.54, 1.807) is 0 Å². The molecule has 0 aliphatic heterocycles. The molecule has 1 aliphatic carbocycles. The summed E-state index contributed by atoms with van der Waals surface area (Å²) in [6.45, 7) is 0.0332. The summed E-state index contributed by atoms with van der Waals surface area (Å²) in [5.41, 5.74) is 4.27. The normalized spacial score (nSPS) is 19.5. The van der Waals surface area contributed by atoms with Gasteiger partial charge in [-0.1, -0.05) is 6.07 Å². The summed E-state index contributed by atoms with van der Waals surface area (Å²) < 4.78 is 26.8. The molecule has 16 heavy (non-hydrogen) atoms. The lowest BCUT2D eigenvalue weighted by Crippen LogP contribution is -2.42. The van der Waals surface area contributed by atoms with Gasteiger partial charge in [0, 0.05) is 18.5 Å². The molecule has 1 fully saturated rings. The molecule has 0 amide bonds. The van der Waals surface area contributed by atoms with E-state index in [0.29, 0.717) is 0 Å². The van der Waals surface area contributed by atoms with E-state index in [2.05, 4.69) is 0 Å². The second-order valence-corrected chi connectivity index (χ2v) is 4.46. The van der Waals surface area contributed by atoms with Crippen molar-refractivity contribution in [3.8, 4) is 0 Å². The van der Waals surface area contributed by atoms with Crippen LogP contribution in [0.5, 0.6) is 0 Å². The SMILES string of the molecule is NCC(O)(Cc1c(F)cccc1F)C1CC1. The zero-order valence-electron chi connectivity index (χ0n) is 8.92. The van der Waals surface area contributed by atoms with Gasteiger partial charge in [0.1, 0.15) is 11.6 Å². The largest absolute Gasteiger partial charge is 0.388 e. The van der Waals surface area contributed by atoms with Gasteiger partial charge in [0.25, 0.3) is 0 Å². The summed E-state index contributed by atoms with van der Waals surface area (Å²) in [7, 11) is 0. The number of benzene rings is 1. The lowest BCUT2D eigenvalue weighted by Gasteiger charge is -2.26. The third kappa shape index (κ3) is 2.08. The quantitative estimate of drug-likeness (QED) is 0.820. The fourth-order valence-corrected chi connectivity index (χ4v) is 2.01. The van der Waals surface area contributed by atoms with Crippen molar-refractivity contribution >= 4 is 0 Å². The fraction of sp³-hybridized carbons (Fsp3) is 0.500. The van der Waals surface area contributed by atoms with Crippen LogP contribution in [-0.2, 0) is 6.42 Å². The molecule has 0 heterocycles. The molecule has 1 atom stereocenters. The van der Waals surface area contributed by atoms with Gasteiger partial charge in [0.05, 0.1) is 5.60 Å². The van der Waals surface area contributed by atoms with Gasteiger partial charge >= 0.3 is 0 Å². The van der Waals surface area contributed by atoms with E-state index in [1.807, 2.05) is 0 Å². The highest BCUT2D eigenvalue weighted by Crippen LogP contribution is 2.41. The molecule has 0 radical (unpaired) electrons. The van der Waals surface area contributed by atoms with Gasteiger partial charge < -0.3 is 10.8 Å². The average Bonchev–Trinajstić information content (AvgIpc) is 3.07. The second-order valence-electron chi connectivity index (χ2n) is 4.46. The molecule has 2 nitrogen and oxygen atoms in total. The van der Waals surface area contributed by atoms with E-state index in [0.717, 1.165) is 12.8 Å². The van der Waals surface area contributed by atoms with Crippen LogP contribution in [0.4, 0.5) is 8.78 Å². The first-order valence-electron chi connectivity index (χ1n) is 5.42. The van der Waals surface area contributed by atoms with Crippen molar-refractivity contribution < 1.29 is 13.9 Å². The topological polar surface area (TPSA) is 46.2 Å². The molecule has 88 valence electrons. The lowest BCUT2D eigenvalue weighted by molar-refractivity contribution is 0.0251. The monoisotopic (exact) mass is 227 g/mol. The maximum Gasteiger partial charge on any atom is 0.129 e. The van der Waals surface area contributed by atoms with Gasteiger partial charge in [-0.05, 0) is 30.9 Å². The Labute approximate surface area is 93.1 Å². The van der Waals surface area contributed by atoms with Crippen LogP contribution in [0, 0.1) is 17.6 Å². The molecule has 1 aromatic rings. The fourth-order valence-electron chi connectivity index (χ4n) is 2.01. The zero-order chi connectivity index (χ0) is 11.8. The highest BCUT2D eigenvalue weighted by molar-refractivity contribution is 5.22. The molecule has 0 aromatic heterocycles. The Morgan fingerprint density at radius 3 is 2.31 bits per heavy atom. The molecular formula is C12H15F2NO. The van der Waals surface area contributed by atoms with E-state index >= 15 is 0 Å². The molecule has 0 saturated heterocycles. The Hall–Kier alpha value is -1.00. The van der Waals surface area contributed by atoms with Crippen LogP contribution < -0.4 is 5.73 Å². The van der Waals surface area contributed by atoms with Crippen molar-refractivity contribution in [1.29, 1.82) is 0 Å². The van der Waals surface area contributed by atoms with Crippen molar-refractivity contribution in [3.05, 3.63) is 35.4 Å². The van der Waals surface area contributed by atoms with Crippen LogP contribution in [0.2, 0.25) is 0 Å². The van der Waals surface area contributed by atoms with Crippen molar-refractivity contribution in [2.45, 2.75) is 24.9 Å². The van der Waals surface area contributed by atoms with Gasteiger partial charge in [0.15, 0.2) is 0 Å². The minimum absolute atomic E-state index is 0.0332. The van der Waals surface area contributed by atoms with Crippen molar-refractivity contribution in [2.75, 3.05) is 6.54 Å². The van der Waals surface area contributed by atoms with Crippen LogP contribution in [0.15, 0.2) is 18.2 Å². The molecule has 1 aromatic carbocycles. The molecule has 4 heteroatoms. The van der Waals surface area contributed by atoms with E-state index < -0.39 is 17.2 Å². The summed E-state index contributed by atoms with van der Waals surface area (Å²) in [5, 5.41) is 10.2. The molecule has 1 unspecified atom stereocenters. The molecule has 0 bridgehead atoms. The Morgan fingerprint density at radius 2 is 1.88 bits per heavy atom. The number of halogens is 2. The van der Waals surface area contributed by atoms with Crippen LogP contribution >= 0.6 is 0 Å². The van der Waals surface area contributed by atoms with Crippen LogP contribution in [0.25, 0.3) is 0 Å². The summed E-state index contributed by atoms with van der Waals surface area (Å²) in [6.07, 6.45) is 1.71. The first-order valence-corrected chi connectivity index (χ1v) is 5.42. The predicted octanol–water partition coefficient (Wildman–Crippen LogP) is 1.61. The number of nitrogens with two attached hydrogens (primary N) is 1. The van der Waals surface area contributed by atoms with Crippen molar-refractivity contribution in [1.82, 2.24) is 0 Å². The molecular weight excluding hydrogens is 212 g/mol. The molecule has 2 rings (SSSR count). The zero-order valence-corrected chi connectivity index (χ0v) is 8.92. The summed E-state index contributed by atoms with van der Waals surface area (Å²) in [6, 6.07) is 3.71. The third-order valence-electron chi connectivity index (χ3n) is 3.24. The van der Waals surface area contributed by atoms with Crippen molar-refractivity contribution in [2.24, 2.45) is 11.7 Å². The molecule has 3 N–H and O–H groups in total. The van der Waals surface area contributed by atoms with Crippen LogP contribution in [-0.4, -0.2) is 17.3 Å². The Bertz CT molecular complexity index is 372. The van der Waals surface area contributed by atoms with Crippen molar-refractivity contribution in [3.63, 3.8) is 0 Å². The third-order valence-corrected chi connectivity index (χ3v) is 3.24. The first-order chi connectivity index (χ1) is 7.57. The van der Waals surface area contributed by atoms with Gasteiger partial charge in [-0.25, -0.2) is 8.78 Å². The number of hydrogen-bond acceptors (Lipinski definition) is 2. The summed E-state index contributed by atoms with van der Waals surface area (Å²) in [4.78, 5) is 0. The predicted molar refractivity (Wildman–Crippen MR) is 56.8 cm³/mol. The Kier molecular flexibility index (Phi) is 2.95. The number of hydrogen-bond donors (Lipinski definition) is 2. The average molecular weight is 227 g/mol. The molecule has 1 saturated carbocycles. The standard InChI is InChI=1S/C12H15F2NO/c13-10-2-1-3-11(14)9(10)6-12(16,7-15)8-4-5-8/h1-3,8,16H,4-7,15H2. The van der Waals surface area contributed by atoms with Crippen LogP contribution in [0.1, 0.15) is 18.4 Å². The summed E-state index contributed by atoms with van der Waals surface area (Å²) in [5.74, 6) is -1.16. The van der Waals surface area contributed by atoms with E-state index in [4.69, 9.17) is 5.73 Å². The Morgan fingerprint density at radius 1 is 1.31 bits per heavy atom. The highest BCUT2D eigenvalue weighted by atomic mass is 19.1. The van der Waals surface area contributed by atoms with Gasteiger partial charge in [0.2, 0.25) is 0 Å². The minimum atomic E-state index is -1.16. The number of rotatable bonds is 4. The molecule has 0 spiro atoms. The van der Waals surface area contributed by atoms with E-state index in [1.165, 1.54) is 18.2 Å². The molecule has 1 aliphatic rings. The van der Waals surface area contributed by atoms with Gasteiger partial charge in [-0.2, -0.15) is 0 Å². The lowest BCUT2D eigenvalue weighted by atomic mass is 9.89. The van der Waals surface area contributed by atoms with Gasteiger partial charge in [-0.15, -0.1) is 0 Å². The summed E-state index contributed by atoms with van der Waals surface area (Å²) >= 11 is 0. The highest BCUT2D eigenvalue weighted by Gasteiger charge is 2.43. The van der Waals surface area contributed by atoms with E-state index in [-0.39, 0.29) is 24.4 Å². The van der Waals surface area contributed by atoms with E-state index in [9.17, 15) is 13.9 Å². The second kappa shape index (κ2) is 4.11. The van der Waals surface area contributed by atoms with Crippen LogP contribution in [0.3, 0.4) is 0 Å². The number of aliphatic hydroxyl groups is 1.